The molecule has 1 aliphatic rings. The van der Waals surface area contributed by atoms with Crippen molar-refractivity contribution in [2.75, 3.05) is 13.1 Å². The first kappa shape index (κ1) is 8.65. The lowest BCUT2D eigenvalue weighted by molar-refractivity contribution is 0.0786. The van der Waals surface area contributed by atoms with Crippen molar-refractivity contribution in [2.24, 2.45) is 5.73 Å². The minimum absolute atomic E-state index is 0.00852. The molecular formula is C8H11N3OS. The van der Waals surface area contributed by atoms with Gasteiger partial charge in [0.05, 0.1) is 5.51 Å². The highest BCUT2D eigenvalue weighted by Gasteiger charge is 2.25. The molecule has 1 atom stereocenters. The number of hydrogen-bond acceptors (Lipinski definition) is 4. The van der Waals surface area contributed by atoms with E-state index in [0.717, 1.165) is 13.0 Å². The number of carbonyl (C=O) groups excluding carboxylic acids is 1. The SMILES string of the molecule is N[C@H]1CCN(C(=O)c2cscn2)C1. The van der Waals surface area contributed by atoms with Crippen molar-refractivity contribution < 1.29 is 4.79 Å². The van der Waals surface area contributed by atoms with Gasteiger partial charge in [-0.15, -0.1) is 11.3 Å². The summed E-state index contributed by atoms with van der Waals surface area (Å²) in [6.07, 6.45) is 0.899. The van der Waals surface area contributed by atoms with E-state index in [1.54, 1.807) is 15.8 Å². The zero-order chi connectivity index (χ0) is 9.26. The lowest BCUT2D eigenvalue weighted by Crippen LogP contribution is -2.31. The van der Waals surface area contributed by atoms with E-state index in [1.807, 2.05) is 0 Å². The number of nitrogens with two attached hydrogens (primary N) is 1. The lowest BCUT2D eigenvalue weighted by atomic mass is 10.3. The van der Waals surface area contributed by atoms with Gasteiger partial charge in [-0.3, -0.25) is 4.79 Å². The normalized spacial score (nSPS) is 22.2. The zero-order valence-corrected chi connectivity index (χ0v) is 7.96. The molecule has 0 aromatic carbocycles. The number of aromatic nitrogens is 1. The second-order valence-corrected chi connectivity index (χ2v) is 3.89. The molecule has 1 aromatic rings. The lowest BCUT2D eigenvalue weighted by Gasteiger charge is -2.13. The van der Waals surface area contributed by atoms with Gasteiger partial charge in [-0.1, -0.05) is 0 Å². The summed E-state index contributed by atoms with van der Waals surface area (Å²) >= 11 is 1.44. The fraction of sp³-hybridized carbons (Fsp3) is 0.500. The molecule has 0 saturated carbocycles. The van der Waals surface area contributed by atoms with Crippen LogP contribution in [0.4, 0.5) is 0 Å². The number of rotatable bonds is 1. The summed E-state index contributed by atoms with van der Waals surface area (Å²) < 4.78 is 0. The van der Waals surface area contributed by atoms with Crippen LogP contribution in [0.15, 0.2) is 10.9 Å². The van der Waals surface area contributed by atoms with Crippen LogP contribution in [-0.4, -0.2) is 34.9 Å². The minimum atomic E-state index is 0.00852. The standard InChI is InChI=1S/C8H11N3OS/c9-6-1-2-11(3-6)8(12)7-4-13-5-10-7/h4-6H,1-3,9H2/t6-/m0/s1. The van der Waals surface area contributed by atoms with E-state index >= 15 is 0 Å². The molecule has 0 radical (unpaired) electrons. The largest absolute Gasteiger partial charge is 0.336 e. The average Bonchev–Trinajstić information content (AvgIpc) is 2.72. The molecule has 0 aliphatic carbocycles. The topological polar surface area (TPSA) is 59.2 Å². The van der Waals surface area contributed by atoms with Gasteiger partial charge in [-0.05, 0) is 6.42 Å². The van der Waals surface area contributed by atoms with E-state index in [9.17, 15) is 4.79 Å². The molecule has 0 unspecified atom stereocenters. The summed E-state index contributed by atoms with van der Waals surface area (Å²) in [5, 5.41) is 1.77. The van der Waals surface area contributed by atoms with Crippen LogP contribution in [0, 0.1) is 0 Å². The first-order valence-corrected chi connectivity index (χ1v) is 5.14. The van der Waals surface area contributed by atoms with Crippen LogP contribution in [-0.2, 0) is 0 Å². The molecule has 2 rings (SSSR count). The Bertz CT molecular complexity index is 298. The summed E-state index contributed by atoms with van der Waals surface area (Å²) in [5.41, 5.74) is 7.92. The molecule has 0 bridgehead atoms. The van der Waals surface area contributed by atoms with Crippen molar-refractivity contribution in [3.05, 3.63) is 16.6 Å². The van der Waals surface area contributed by atoms with Crippen molar-refractivity contribution in [2.45, 2.75) is 12.5 Å². The van der Waals surface area contributed by atoms with Gasteiger partial charge in [-0.2, -0.15) is 0 Å². The fourth-order valence-electron chi connectivity index (χ4n) is 1.45. The van der Waals surface area contributed by atoms with Crippen LogP contribution in [0.1, 0.15) is 16.9 Å². The minimum Gasteiger partial charge on any atom is -0.336 e. The summed E-state index contributed by atoms with van der Waals surface area (Å²) in [6.45, 7) is 1.42. The second kappa shape index (κ2) is 3.43. The molecule has 70 valence electrons. The first-order valence-electron chi connectivity index (χ1n) is 4.20. The number of amides is 1. The molecule has 1 aliphatic heterocycles. The van der Waals surface area contributed by atoms with Gasteiger partial charge in [-0.25, -0.2) is 4.98 Å². The predicted octanol–water partition coefficient (Wildman–Crippen LogP) is 0.316. The van der Waals surface area contributed by atoms with Crippen LogP contribution in [0.25, 0.3) is 0 Å². The molecule has 2 heterocycles. The molecule has 4 nitrogen and oxygen atoms in total. The summed E-state index contributed by atoms with van der Waals surface area (Å²) in [5.74, 6) is 0.00852. The van der Waals surface area contributed by atoms with Crippen LogP contribution >= 0.6 is 11.3 Å². The number of thiazole rings is 1. The maximum atomic E-state index is 11.7. The Morgan fingerprint density at radius 3 is 3.15 bits per heavy atom. The molecule has 5 heteroatoms. The number of likely N-dealkylation sites (tertiary alicyclic amines) is 1. The third-order valence-electron chi connectivity index (χ3n) is 2.16. The van der Waals surface area contributed by atoms with Crippen LogP contribution in [0.5, 0.6) is 0 Å². The molecule has 1 saturated heterocycles. The molecule has 2 N–H and O–H groups in total. The van der Waals surface area contributed by atoms with Gasteiger partial charge < -0.3 is 10.6 Å². The van der Waals surface area contributed by atoms with Crippen molar-refractivity contribution >= 4 is 17.2 Å². The third-order valence-corrected chi connectivity index (χ3v) is 2.75. The predicted molar refractivity (Wildman–Crippen MR) is 50.6 cm³/mol. The maximum absolute atomic E-state index is 11.7. The Hall–Kier alpha value is -0.940. The zero-order valence-electron chi connectivity index (χ0n) is 7.14. The van der Waals surface area contributed by atoms with Crippen molar-refractivity contribution in [3.63, 3.8) is 0 Å². The van der Waals surface area contributed by atoms with Crippen LogP contribution in [0.3, 0.4) is 0 Å². The third kappa shape index (κ3) is 1.71. The summed E-state index contributed by atoms with van der Waals surface area (Å²) in [4.78, 5) is 17.4. The average molecular weight is 197 g/mol. The Kier molecular flexibility index (Phi) is 2.28. The molecule has 1 aromatic heterocycles. The van der Waals surface area contributed by atoms with E-state index < -0.39 is 0 Å². The molecule has 1 amide bonds. The second-order valence-electron chi connectivity index (χ2n) is 3.17. The Morgan fingerprint density at radius 1 is 1.77 bits per heavy atom. The van der Waals surface area contributed by atoms with E-state index in [-0.39, 0.29) is 11.9 Å². The molecule has 1 fully saturated rings. The van der Waals surface area contributed by atoms with E-state index in [0.29, 0.717) is 12.2 Å². The monoisotopic (exact) mass is 197 g/mol. The highest BCUT2D eigenvalue weighted by Crippen LogP contribution is 2.12. The van der Waals surface area contributed by atoms with Gasteiger partial charge in [0, 0.05) is 24.5 Å². The van der Waals surface area contributed by atoms with Crippen molar-refractivity contribution in [3.8, 4) is 0 Å². The number of nitrogens with zero attached hydrogens (tertiary/aromatic N) is 2. The van der Waals surface area contributed by atoms with Crippen molar-refractivity contribution in [1.82, 2.24) is 9.88 Å². The highest BCUT2D eigenvalue weighted by atomic mass is 32.1. The van der Waals surface area contributed by atoms with E-state index in [1.165, 1.54) is 11.3 Å². The quantitative estimate of drug-likeness (QED) is 0.705. The number of hydrogen-bond donors (Lipinski definition) is 1. The molecule has 13 heavy (non-hydrogen) atoms. The summed E-state index contributed by atoms with van der Waals surface area (Å²) in [6, 6.07) is 0.141. The van der Waals surface area contributed by atoms with Crippen LogP contribution < -0.4 is 5.73 Å². The highest BCUT2D eigenvalue weighted by molar-refractivity contribution is 7.07. The first-order chi connectivity index (χ1) is 6.27. The van der Waals surface area contributed by atoms with Gasteiger partial charge in [0.2, 0.25) is 0 Å². The van der Waals surface area contributed by atoms with E-state index in [2.05, 4.69) is 4.98 Å². The molecular weight excluding hydrogens is 186 g/mol. The summed E-state index contributed by atoms with van der Waals surface area (Å²) in [7, 11) is 0. The Balaban J connectivity index is 2.06. The van der Waals surface area contributed by atoms with Gasteiger partial charge in [0.1, 0.15) is 5.69 Å². The Morgan fingerprint density at radius 2 is 2.62 bits per heavy atom. The number of carbonyl (C=O) groups is 1. The maximum Gasteiger partial charge on any atom is 0.273 e. The van der Waals surface area contributed by atoms with E-state index in [4.69, 9.17) is 5.73 Å². The van der Waals surface area contributed by atoms with Gasteiger partial charge >= 0.3 is 0 Å². The van der Waals surface area contributed by atoms with Crippen molar-refractivity contribution in [1.29, 1.82) is 0 Å². The van der Waals surface area contributed by atoms with Gasteiger partial charge in [0.25, 0.3) is 5.91 Å². The molecule has 0 spiro atoms. The fourth-order valence-corrected chi connectivity index (χ4v) is 1.98. The smallest absolute Gasteiger partial charge is 0.273 e. The van der Waals surface area contributed by atoms with Crippen LogP contribution in [0.2, 0.25) is 0 Å². The Labute approximate surface area is 80.4 Å². The van der Waals surface area contributed by atoms with Gasteiger partial charge in [0.15, 0.2) is 0 Å².